The fraction of sp³-hybridized carbons (Fsp3) is 0.545. The van der Waals surface area contributed by atoms with Crippen LogP contribution in [-0.2, 0) is 7.05 Å². The van der Waals surface area contributed by atoms with Gasteiger partial charge in [0.1, 0.15) is 11.3 Å². The van der Waals surface area contributed by atoms with Gasteiger partial charge in [-0.2, -0.15) is 0 Å². The van der Waals surface area contributed by atoms with Crippen molar-refractivity contribution in [2.75, 3.05) is 18.5 Å². The topological polar surface area (TPSA) is 54.7 Å². The second kappa shape index (κ2) is 3.17. The van der Waals surface area contributed by atoms with E-state index in [1.807, 2.05) is 25.8 Å². The fourth-order valence-electron chi connectivity index (χ4n) is 2.27. The average Bonchev–Trinajstić information content (AvgIpc) is 2.40. The van der Waals surface area contributed by atoms with E-state index in [1.165, 1.54) is 0 Å². The van der Waals surface area contributed by atoms with Crippen LogP contribution in [0.5, 0.6) is 5.75 Å². The second-order valence-corrected chi connectivity index (χ2v) is 4.80. The van der Waals surface area contributed by atoms with Crippen molar-refractivity contribution in [3.8, 4) is 5.75 Å². The molecule has 0 aromatic carbocycles. The van der Waals surface area contributed by atoms with Crippen LogP contribution in [0.15, 0.2) is 6.07 Å². The predicted octanol–water partition coefficient (Wildman–Crippen LogP) is 1.33. The van der Waals surface area contributed by atoms with Crippen molar-refractivity contribution >= 4 is 11.8 Å². The van der Waals surface area contributed by atoms with Gasteiger partial charge in [-0.05, 0) is 13.8 Å². The molecule has 2 heterocycles. The minimum atomic E-state index is -0.938. The summed E-state index contributed by atoms with van der Waals surface area (Å²) < 4.78 is 7.42. The van der Waals surface area contributed by atoms with Crippen LogP contribution in [0.4, 0.5) is 5.82 Å². The standard InChI is InChI=1S/C11H16N2O3/c1-11(2)6-12(3)9-8(16-11)5-7(10(14)15)13(9)4/h5H,6H2,1-4H3,(H,14,15). The fourth-order valence-corrected chi connectivity index (χ4v) is 2.27. The van der Waals surface area contributed by atoms with Crippen LogP contribution in [0.2, 0.25) is 0 Å². The van der Waals surface area contributed by atoms with Gasteiger partial charge in [0.05, 0.1) is 6.54 Å². The number of likely N-dealkylation sites (N-methyl/N-ethyl adjacent to an activating group) is 1. The Morgan fingerprint density at radius 3 is 2.69 bits per heavy atom. The number of hydrogen-bond donors (Lipinski definition) is 1. The smallest absolute Gasteiger partial charge is 0.352 e. The van der Waals surface area contributed by atoms with Crippen LogP contribution in [0, 0.1) is 0 Å². The number of carboxylic acids is 1. The van der Waals surface area contributed by atoms with Crippen LogP contribution in [0.3, 0.4) is 0 Å². The quantitative estimate of drug-likeness (QED) is 0.782. The molecule has 1 aromatic rings. The molecule has 88 valence electrons. The molecule has 0 saturated carbocycles. The zero-order valence-electron chi connectivity index (χ0n) is 9.94. The van der Waals surface area contributed by atoms with E-state index < -0.39 is 5.97 Å². The third kappa shape index (κ3) is 1.52. The maximum Gasteiger partial charge on any atom is 0.352 e. The van der Waals surface area contributed by atoms with E-state index in [1.54, 1.807) is 17.7 Å². The molecule has 0 spiro atoms. The minimum absolute atomic E-state index is 0.245. The van der Waals surface area contributed by atoms with Gasteiger partial charge in [-0.15, -0.1) is 0 Å². The maximum absolute atomic E-state index is 11.0. The van der Waals surface area contributed by atoms with Gasteiger partial charge < -0.3 is 19.3 Å². The summed E-state index contributed by atoms with van der Waals surface area (Å²) in [5.74, 6) is 0.516. The van der Waals surface area contributed by atoms with E-state index in [9.17, 15) is 4.79 Å². The van der Waals surface area contributed by atoms with E-state index in [0.717, 1.165) is 12.4 Å². The molecular weight excluding hydrogens is 208 g/mol. The lowest BCUT2D eigenvalue weighted by Gasteiger charge is -2.37. The Labute approximate surface area is 94.2 Å². The van der Waals surface area contributed by atoms with Crippen LogP contribution >= 0.6 is 0 Å². The number of fused-ring (bicyclic) bond motifs is 1. The SMILES string of the molecule is CN1CC(C)(C)Oc2cc(C(=O)O)n(C)c21. The normalized spacial score (nSPS) is 17.9. The first kappa shape index (κ1) is 10.9. The zero-order chi connectivity index (χ0) is 12.1. The van der Waals surface area contributed by atoms with Crippen molar-refractivity contribution in [2.45, 2.75) is 19.4 Å². The third-order valence-electron chi connectivity index (χ3n) is 2.75. The van der Waals surface area contributed by atoms with Gasteiger partial charge in [0, 0.05) is 20.2 Å². The summed E-state index contributed by atoms with van der Waals surface area (Å²) in [6.07, 6.45) is 0. The summed E-state index contributed by atoms with van der Waals surface area (Å²) >= 11 is 0. The van der Waals surface area contributed by atoms with E-state index in [-0.39, 0.29) is 11.3 Å². The van der Waals surface area contributed by atoms with Gasteiger partial charge in [0.25, 0.3) is 0 Å². The predicted molar refractivity (Wildman–Crippen MR) is 60.3 cm³/mol. The largest absolute Gasteiger partial charge is 0.482 e. The van der Waals surface area contributed by atoms with Crippen molar-refractivity contribution < 1.29 is 14.6 Å². The zero-order valence-corrected chi connectivity index (χ0v) is 9.94. The van der Waals surface area contributed by atoms with Crippen molar-refractivity contribution in [2.24, 2.45) is 7.05 Å². The Morgan fingerprint density at radius 2 is 2.12 bits per heavy atom. The highest BCUT2D eigenvalue weighted by molar-refractivity contribution is 5.88. The minimum Gasteiger partial charge on any atom is -0.482 e. The maximum atomic E-state index is 11.0. The molecule has 0 bridgehead atoms. The van der Waals surface area contributed by atoms with Gasteiger partial charge >= 0.3 is 5.97 Å². The number of carbonyl (C=O) groups is 1. The highest BCUT2D eigenvalue weighted by Crippen LogP contribution is 2.38. The number of aromatic carboxylic acids is 1. The van der Waals surface area contributed by atoms with E-state index in [0.29, 0.717) is 5.75 Å². The Bertz CT molecular complexity index is 448. The summed E-state index contributed by atoms with van der Waals surface area (Å²) in [7, 11) is 3.68. The number of ether oxygens (including phenoxy) is 1. The van der Waals surface area contributed by atoms with Gasteiger partial charge in [-0.1, -0.05) is 0 Å². The van der Waals surface area contributed by atoms with Gasteiger partial charge in [0.2, 0.25) is 0 Å². The van der Waals surface area contributed by atoms with E-state index >= 15 is 0 Å². The summed E-state index contributed by atoms with van der Waals surface area (Å²) in [6.45, 7) is 4.71. The molecule has 0 amide bonds. The molecule has 1 aromatic heterocycles. The number of hydrogen-bond acceptors (Lipinski definition) is 3. The summed E-state index contributed by atoms with van der Waals surface area (Å²) in [6, 6.07) is 1.58. The summed E-state index contributed by atoms with van der Waals surface area (Å²) in [5.41, 5.74) is -0.0478. The first-order valence-corrected chi connectivity index (χ1v) is 5.15. The lowest BCUT2D eigenvalue weighted by atomic mass is 10.1. The number of anilines is 1. The number of carboxylic acid groups (broad SMARTS) is 1. The Balaban J connectivity index is 2.54. The molecule has 1 N–H and O–H groups in total. The highest BCUT2D eigenvalue weighted by atomic mass is 16.5. The molecule has 0 radical (unpaired) electrons. The summed E-state index contributed by atoms with van der Waals surface area (Å²) in [4.78, 5) is 13.0. The Morgan fingerprint density at radius 1 is 1.50 bits per heavy atom. The van der Waals surface area contributed by atoms with Crippen LogP contribution in [0.25, 0.3) is 0 Å². The van der Waals surface area contributed by atoms with E-state index in [2.05, 4.69) is 0 Å². The number of nitrogens with zero attached hydrogens (tertiary/aromatic N) is 2. The van der Waals surface area contributed by atoms with Gasteiger partial charge in [-0.25, -0.2) is 4.79 Å². The van der Waals surface area contributed by atoms with E-state index in [4.69, 9.17) is 9.84 Å². The highest BCUT2D eigenvalue weighted by Gasteiger charge is 2.33. The molecule has 0 fully saturated rings. The molecule has 0 saturated heterocycles. The first-order valence-electron chi connectivity index (χ1n) is 5.15. The van der Waals surface area contributed by atoms with Gasteiger partial charge in [-0.3, -0.25) is 0 Å². The molecule has 0 atom stereocenters. The second-order valence-electron chi connectivity index (χ2n) is 4.80. The average molecular weight is 224 g/mol. The number of aromatic nitrogens is 1. The van der Waals surface area contributed by atoms with Crippen LogP contribution in [0.1, 0.15) is 24.3 Å². The van der Waals surface area contributed by atoms with Gasteiger partial charge in [0.15, 0.2) is 11.6 Å². The molecule has 2 rings (SSSR count). The molecule has 1 aliphatic rings. The van der Waals surface area contributed by atoms with Crippen molar-refractivity contribution in [3.63, 3.8) is 0 Å². The molecule has 16 heavy (non-hydrogen) atoms. The Hall–Kier alpha value is -1.65. The molecule has 0 aliphatic carbocycles. The first-order chi connectivity index (χ1) is 7.32. The monoisotopic (exact) mass is 224 g/mol. The molecular formula is C11H16N2O3. The molecule has 0 unspecified atom stereocenters. The number of rotatable bonds is 1. The Kier molecular flexibility index (Phi) is 2.15. The molecule has 1 aliphatic heterocycles. The lowest BCUT2D eigenvalue weighted by Crippen LogP contribution is -2.45. The van der Waals surface area contributed by atoms with Crippen molar-refractivity contribution in [1.82, 2.24) is 4.57 Å². The lowest BCUT2D eigenvalue weighted by molar-refractivity contribution is 0.0686. The van der Waals surface area contributed by atoms with Crippen LogP contribution < -0.4 is 9.64 Å². The van der Waals surface area contributed by atoms with Crippen molar-refractivity contribution in [1.29, 1.82) is 0 Å². The van der Waals surface area contributed by atoms with Crippen molar-refractivity contribution in [3.05, 3.63) is 11.8 Å². The van der Waals surface area contributed by atoms with Crippen LogP contribution in [-0.4, -0.2) is 34.8 Å². The third-order valence-corrected chi connectivity index (χ3v) is 2.75. The molecule has 5 nitrogen and oxygen atoms in total. The molecule has 5 heteroatoms. The summed E-state index contributed by atoms with van der Waals surface area (Å²) in [5, 5.41) is 9.04.